The topological polar surface area (TPSA) is 45.5 Å². The molecule has 0 aliphatic heterocycles. The van der Waals surface area contributed by atoms with Crippen molar-refractivity contribution in [1.82, 2.24) is 19.5 Å². The van der Waals surface area contributed by atoms with Gasteiger partial charge in [-0.05, 0) is 27.4 Å². The fourth-order valence-electron chi connectivity index (χ4n) is 2.07. The smallest absolute Gasteiger partial charge is 0.157 e. The van der Waals surface area contributed by atoms with E-state index in [0.29, 0.717) is 6.04 Å². The van der Waals surface area contributed by atoms with Crippen molar-refractivity contribution < 1.29 is 0 Å². The molecule has 98 valence electrons. The predicted octanol–water partition coefficient (Wildman–Crippen LogP) is 1.79. The summed E-state index contributed by atoms with van der Waals surface area (Å²) >= 11 is 0. The van der Waals surface area contributed by atoms with Crippen LogP contribution in [0.4, 0.5) is 5.82 Å². The lowest BCUT2D eigenvalue weighted by atomic mass is 10.2. The first-order valence-electron chi connectivity index (χ1n) is 6.32. The molecular weight excluding hydrogens is 226 g/mol. The van der Waals surface area contributed by atoms with Crippen molar-refractivity contribution in [3.8, 4) is 0 Å². The Balaban J connectivity index is 2.26. The van der Waals surface area contributed by atoms with Gasteiger partial charge >= 0.3 is 0 Å². The summed E-state index contributed by atoms with van der Waals surface area (Å²) in [6.45, 7) is 5.20. The van der Waals surface area contributed by atoms with Gasteiger partial charge in [-0.25, -0.2) is 4.98 Å². The normalized spacial score (nSPS) is 13.2. The van der Waals surface area contributed by atoms with Crippen LogP contribution in [-0.2, 0) is 0 Å². The van der Waals surface area contributed by atoms with Crippen LogP contribution < -0.4 is 5.32 Å². The Labute approximate surface area is 108 Å². The molecule has 0 radical (unpaired) electrons. The Kier molecular flexibility index (Phi) is 3.81. The van der Waals surface area contributed by atoms with Crippen LogP contribution >= 0.6 is 0 Å². The zero-order chi connectivity index (χ0) is 13.1. The molecule has 2 aromatic heterocycles. The molecule has 0 aromatic carbocycles. The molecule has 18 heavy (non-hydrogen) atoms. The van der Waals surface area contributed by atoms with E-state index >= 15 is 0 Å². The van der Waals surface area contributed by atoms with E-state index in [0.717, 1.165) is 30.1 Å². The third kappa shape index (κ3) is 2.79. The lowest BCUT2D eigenvalue weighted by molar-refractivity contribution is 0.378. The molecule has 5 nitrogen and oxygen atoms in total. The highest BCUT2D eigenvalue weighted by molar-refractivity contribution is 5.49. The van der Waals surface area contributed by atoms with Gasteiger partial charge in [-0.15, -0.1) is 0 Å². The Morgan fingerprint density at radius 2 is 2.22 bits per heavy atom. The van der Waals surface area contributed by atoms with Crippen LogP contribution in [0.3, 0.4) is 0 Å². The third-order valence-corrected chi connectivity index (χ3v) is 2.92. The van der Waals surface area contributed by atoms with Crippen LogP contribution in [0.5, 0.6) is 0 Å². The Morgan fingerprint density at radius 1 is 1.44 bits per heavy atom. The zero-order valence-corrected chi connectivity index (χ0v) is 11.5. The first-order valence-corrected chi connectivity index (χ1v) is 6.32. The monoisotopic (exact) mass is 247 g/mol. The van der Waals surface area contributed by atoms with Gasteiger partial charge in [0.05, 0.1) is 6.20 Å². The second-order valence-corrected chi connectivity index (χ2v) is 4.90. The van der Waals surface area contributed by atoms with Gasteiger partial charge in [-0.1, -0.05) is 6.92 Å². The number of anilines is 1. The lowest BCUT2D eigenvalue weighted by Gasteiger charge is -2.22. The van der Waals surface area contributed by atoms with Crippen LogP contribution in [0.2, 0.25) is 0 Å². The largest absolute Gasteiger partial charge is 0.366 e. The molecule has 1 atom stereocenters. The molecule has 1 N–H and O–H groups in total. The molecule has 2 rings (SSSR count). The molecule has 0 aliphatic carbocycles. The van der Waals surface area contributed by atoms with Gasteiger partial charge < -0.3 is 10.2 Å². The van der Waals surface area contributed by atoms with Gasteiger partial charge in [0.15, 0.2) is 5.65 Å². The van der Waals surface area contributed by atoms with Gasteiger partial charge in [0, 0.05) is 30.4 Å². The summed E-state index contributed by atoms with van der Waals surface area (Å²) in [5.74, 6) is 1.01. The SMILES string of the molecule is CCC(CN(C)C)Nc1cc(C)nc2ccnn12. The van der Waals surface area contributed by atoms with Crippen LogP contribution in [0.1, 0.15) is 19.0 Å². The van der Waals surface area contributed by atoms with E-state index in [-0.39, 0.29) is 0 Å². The minimum absolute atomic E-state index is 0.411. The van der Waals surface area contributed by atoms with Crippen molar-refractivity contribution >= 4 is 11.5 Å². The molecular formula is C13H21N5. The first kappa shape index (κ1) is 12.8. The highest BCUT2D eigenvalue weighted by atomic mass is 15.3. The number of nitrogens with one attached hydrogen (secondary N) is 1. The summed E-state index contributed by atoms with van der Waals surface area (Å²) < 4.78 is 1.85. The maximum absolute atomic E-state index is 4.44. The quantitative estimate of drug-likeness (QED) is 0.875. The van der Waals surface area contributed by atoms with Crippen molar-refractivity contribution in [3.63, 3.8) is 0 Å². The Bertz CT molecular complexity index is 517. The van der Waals surface area contributed by atoms with Gasteiger partial charge in [0.1, 0.15) is 5.82 Å². The van der Waals surface area contributed by atoms with Crippen molar-refractivity contribution in [3.05, 3.63) is 24.0 Å². The second kappa shape index (κ2) is 5.35. The minimum Gasteiger partial charge on any atom is -0.366 e. The Morgan fingerprint density at radius 3 is 2.89 bits per heavy atom. The standard InChI is InChI=1S/C13H21N5/c1-5-11(9-17(3)4)16-13-8-10(2)15-12-6-7-14-18(12)13/h6-8,11,16H,5,9H2,1-4H3. The van der Waals surface area contributed by atoms with Crippen molar-refractivity contribution in [2.45, 2.75) is 26.3 Å². The van der Waals surface area contributed by atoms with E-state index in [9.17, 15) is 0 Å². The lowest BCUT2D eigenvalue weighted by Crippen LogP contribution is -2.32. The Hall–Kier alpha value is -1.62. The number of aryl methyl sites for hydroxylation is 1. The number of likely N-dealkylation sites (N-methyl/N-ethyl adjacent to an activating group) is 1. The van der Waals surface area contributed by atoms with Gasteiger partial charge in [0.2, 0.25) is 0 Å². The summed E-state index contributed by atoms with van der Waals surface area (Å²) in [6.07, 6.45) is 2.85. The molecule has 0 bridgehead atoms. The number of aromatic nitrogens is 3. The zero-order valence-electron chi connectivity index (χ0n) is 11.5. The number of nitrogens with zero attached hydrogens (tertiary/aromatic N) is 4. The second-order valence-electron chi connectivity index (χ2n) is 4.90. The average molecular weight is 247 g/mol. The molecule has 2 heterocycles. The summed E-state index contributed by atoms with van der Waals surface area (Å²) in [7, 11) is 4.18. The van der Waals surface area contributed by atoms with E-state index in [1.807, 2.05) is 23.6 Å². The summed E-state index contributed by atoms with van der Waals surface area (Å²) in [4.78, 5) is 6.63. The molecule has 0 amide bonds. The summed E-state index contributed by atoms with van der Waals surface area (Å²) in [5, 5.41) is 7.85. The van der Waals surface area contributed by atoms with Crippen LogP contribution in [0.15, 0.2) is 18.3 Å². The van der Waals surface area contributed by atoms with Crippen molar-refractivity contribution in [2.24, 2.45) is 0 Å². The first-order chi connectivity index (χ1) is 8.60. The van der Waals surface area contributed by atoms with Crippen LogP contribution in [0, 0.1) is 6.92 Å². The predicted molar refractivity (Wildman–Crippen MR) is 74.0 cm³/mol. The number of fused-ring (bicyclic) bond motifs is 1. The molecule has 0 saturated heterocycles. The summed E-state index contributed by atoms with van der Waals surface area (Å²) in [5.41, 5.74) is 1.89. The van der Waals surface area contributed by atoms with E-state index in [4.69, 9.17) is 0 Å². The average Bonchev–Trinajstić information content (AvgIpc) is 2.75. The van der Waals surface area contributed by atoms with E-state index in [1.165, 1.54) is 0 Å². The summed E-state index contributed by atoms with van der Waals surface area (Å²) in [6, 6.07) is 4.37. The maximum atomic E-state index is 4.44. The van der Waals surface area contributed by atoms with Crippen molar-refractivity contribution in [1.29, 1.82) is 0 Å². The van der Waals surface area contributed by atoms with Gasteiger partial charge in [-0.3, -0.25) is 0 Å². The van der Waals surface area contributed by atoms with Crippen LogP contribution in [0.25, 0.3) is 5.65 Å². The molecule has 0 saturated carbocycles. The van der Waals surface area contributed by atoms with E-state index < -0.39 is 0 Å². The van der Waals surface area contributed by atoms with Crippen molar-refractivity contribution in [2.75, 3.05) is 26.0 Å². The molecule has 0 fully saturated rings. The minimum atomic E-state index is 0.411. The molecule has 5 heteroatoms. The highest BCUT2D eigenvalue weighted by Gasteiger charge is 2.10. The number of hydrogen-bond donors (Lipinski definition) is 1. The molecule has 2 aromatic rings. The molecule has 1 unspecified atom stereocenters. The van der Waals surface area contributed by atoms with Gasteiger partial charge in [0.25, 0.3) is 0 Å². The van der Waals surface area contributed by atoms with E-state index in [2.05, 4.69) is 41.3 Å². The van der Waals surface area contributed by atoms with E-state index in [1.54, 1.807) is 6.20 Å². The fraction of sp³-hybridized carbons (Fsp3) is 0.538. The number of hydrogen-bond acceptors (Lipinski definition) is 4. The molecule has 0 aliphatic rings. The maximum Gasteiger partial charge on any atom is 0.157 e. The third-order valence-electron chi connectivity index (χ3n) is 2.92. The van der Waals surface area contributed by atoms with Crippen LogP contribution in [-0.4, -0.2) is 46.2 Å². The highest BCUT2D eigenvalue weighted by Crippen LogP contribution is 2.13. The fourth-order valence-corrected chi connectivity index (χ4v) is 2.07. The number of rotatable bonds is 5. The molecule has 0 spiro atoms. The van der Waals surface area contributed by atoms with Gasteiger partial charge in [-0.2, -0.15) is 9.61 Å².